The van der Waals surface area contributed by atoms with E-state index in [0.29, 0.717) is 16.8 Å². The van der Waals surface area contributed by atoms with Gasteiger partial charge in [0.25, 0.3) is 0 Å². The van der Waals surface area contributed by atoms with Gasteiger partial charge in [0.1, 0.15) is 5.75 Å². The van der Waals surface area contributed by atoms with E-state index >= 15 is 0 Å². The molecular weight excluding hydrogens is 164 g/mol. The Morgan fingerprint density at radius 2 is 1.85 bits per heavy atom. The van der Waals surface area contributed by atoms with Crippen LogP contribution in [0.1, 0.15) is 0 Å². The van der Waals surface area contributed by atoms with Crippen molar-refractivity contribution in [2.75, 3.05) is 11.5 Å². The van der Waals surface area contributed by atoms with Crippen LogP contribution in [0.3, 0.4) is 0 Å². The summed E-state index contributed by atoms with van der Waals surface area (Å²) in [4.78, 5) is 0. The molecule has 0 radical (unpaired) electrons. The summed E-state index contributed by atoms with van der Waals surface area (Å²) in [5.41, 5.74) is 12.4. The quantitative estimate of drug-likeness (QED) is 0.532. The molecule has 0 saturated heterocycles. The Bertz CT molecular complexity index is 466. The standard InChI is InChI=1S/C10H10N2O/c11-7-4-6-2-1-3-8(12)10(6)9(13)5-7/h1-5,13H,11-12H2. The number of fused-ring (bicyclic) bond motifs is 1. The summed E-state index contributed by atoms with van der Waals surface area (Å²) < 4.78 is 0. The molecule has 0 spiro atoms. The molecule has 3 nitrogen and oxygen atoms in total. The van der Waals surface area contributed by atoms with Gasteiger partial charge in [-0.3, -0.25) is 0 Å². The molecule has 66 valence electrons. The van der Waals surface area contributed by atoms with Gasteiger partial charge >= 0.3 is 0 Å². The van der Waals surface area contributed by atoms with Crippen LogP contribution in [0.2, 0.25) is 0 Å². The third-order valence-corrected chi connectivity index (χ3v) is 2.01. The van der Waals surface area contributed by atoms with E-state index in [0.717, 1.165) is 5.39 Å². The summed E-state index contributed by atoms with van der Waals surface area (Å²) in [7, 11) is 0. The van der Waals surface area contributed by atoms with Gasteiger partial charge in [-0.25, -0.2) is 0 Å². The molecule has 0 unspecified atom stereocenters. The van der Waals surface area contributed by atoms with E-state index in [1.54, 1.807) is 12.1 Å². The Morgan fingerprint density at radius 3 is 2.62 bits per heavy atom. The molecule has 0 heterocycles. The fourth-order valence-electron chi connectivity index (χ4n) is 1.46. The van der Waals surface area contributed by atoms with E-state index < -0.39 is 0 Å². The average Bonchev–Trinajstić information content (AvgIpc) is 2.02. The molecule has 5 N–H and O–H groups in total. The van der Waals surface area contributed by atoms with Gasteiger partial charge in [0, 0.05) is 22.8 Å². The van der Waals surface area contributed by atoms with Crippen molar-refractivity contribution in [1.29, 1.82) is 0 Å². The minimum Gasteiger partial charge on any atom is -0.507 e. The Morgan fingerprint density at radius 1 is 1.08 bits per heavy atom. The van der Waals surface area contributed by atoms with Crippen LogP contribution in [-0.4, -0.2) is 5.11 Å². The normalized spacial score (nSPS) is 10.5. The van der Waals surface area contributed by atoms with Gasteiger partial charge in [-0.1, -0.05) is 12.1 Å². The van der Waals surface area contributed by atoms with Crippen LogP contribution in [0.15, 0.2) is 30.3 Å². The van der Waals surface area contributed by atoms with Crippen LogP contribution in [0.4, 0.5) is 11.4 Å². The summed E-state index contributed by atoms with van der Waals surface area (Å²) in [5.74, 6) is 0.133. The van der Waals surface area contributed by atoms with Gasteiger partial charge in [-0.05, 0) is 17.5 Å². The summed E-state index contributed by atoms with van der Waals surface area (Å²) in [6.45, 7) is 0. The molecule has 0 fully saturated rings. The molecule has 0 bridgehead atoms. The predicted octanol–water partition coefficient (Wildman–Crippen LogP) is 1.71. The van der Waals surface area contributed by atoms with E-state index in [2.05, 4.69) is 0 Å². The smallest absolute Gasteiger partial charge is 0.127 e. The summed E-state index contributed by atoms with van der Waals surface area (Å²) >= 11 is 0. The first kappa shape index (κ1) is 7.73. The fourth-order valence-corrected chi connectivity index (χ4v) is 1.46. The molecule has 0 saturated carbocycles. The van der Waals surface area contributed by atoms with Crippen LogP contribution in [0, 0.1) is 0 Å². The summed E-state index contributed by atoms with van der Waals surface area (Å²) in [6, 6.07) is 8.72. The van der Waals surface area contributed by atoms with Crippen molar-refractivity contribution < 1.29 is 5.11 Å². The molecule has 0 amide bonds. The maximum atomic E-state index is 9.57. The van der Waals surface area contributed by atoms with Gasteiger partial charge in [0.15, 0.2) is 0 Å². The minimum atomic E-state index is 0.133. The third kappa shape index (κ3) is 1.14. The van der Waals surface area contributed by atoms with Crippen LogP contribution in [-0.2, 0) is 0 Å². The number of phenols is 1. The lowest BCUT2D eigenvalue weighted by Crippen LogP contribution is -1.89. The van der Waals surface area contributed by atoms with Gasteiger partial charge in [0.2, 0.25) is 0 Å². The molecular formula is C10H10N2O. The molecule has 0 aliphatic carbocycles. The van der Waals surface area contributed by atoms with Crippen molar-refractivity contribution in [3.8, 4) is 5.75 Å². The third-order valence-electron chi connectivity index (χ3n) is 2.01. The lowest BCUT2D eigenvalue weighted by molar-refractivity contribution is 0.482. The Kier molecular flexibility index (Phi) is 1.52. The molecule has 0 aliphatic rings. The van der Waals surface area contributed by atoms with E-state index in [1.807, 2.05) is 12.1 Å². The van der Waals surface area contributed by atoms with E-state index in [4.69, 9.17) is 11.5 Å². The van der Waals surface area contributed by atoms with Crippen molar-refractivity contribution in [3.63, 3.8) is 0 Å². The molecule has 3 heteroatoms. The Hall–Kier alpha value is -1.90. The van der Waals surface area contributed by atoms with Gasteiger partial charge < -0.3 is 16.6 Å². The monoisotopic (exact) mass is 174 g/mol. The second-order valence-corrected chi connectivity index (χ2v) is 2.99. The molecule has 0 atom stereocenters. The molecule has 0 aromatic heterocycles. The number of benzene rings is 2. The highest BCUT2D eigenvalue weighted by Gasteiger charge is 2.03. The number of hydrogen-bond acceptors (Lipinski definition) is 3. The van der Waals surface area contributed by atoms with E-state index in [1.165, 1.54) is 6.07 Å². The zero-order chi connectivity index (χ0) is 9.42. The van der Waals surface area contributed by atoms with Gasteiger partial charge in [-0.15, -0.1) is 0 Å². The van der Waals surface area contributed by atoms with Crippen molar-refractivity contribution in [3.05, 3.63) is 30.3 Å². The highest BCUT2D eigenvalue weighted by atomic mass is 16.3. The lowest BCUT2D eigenvalue weighted by atomic mass is 10.1. The van der Waals surface area contributed by atoms with Crippen molar-refractivity contribution >= 4 is 22.1 Å². The zero-order valence-electron chi connectivity index (χ0n) is 6.99. The second kappa shape index (κ2) is 2.55. The molecule has 0 aliphatic heterocycles. The fraction of sp³-hybridized carbons (Fsp3) is 0. The van der Waals surface area contributed by atoms with E-state index in [9.17, 15) is 5.11 Å². The number of anilines is 2. The van der Waals surface area contributed by atoms with Gasteiger partial charge in [-0.2, -0.15) is 0 Å². The Balaban J connectivity index is 2.94. The number of nitrogen functional groups attached to an aromatic ring is 2. The average molecular weight is 174 g/mol. The first-order valence-electron chi connectivity index (χ1n) is 3.95. The van der Waals surface area contributed by atoms with Gasteiger partial charge in [0.05, 0.1) is 0 Å². The summed E-state index contributed by atoms with van der Waals surface area (Å²) in [6.07, 6.45) is 0. The van der Waals surface area contributed by atoms with Crippen LogP contribution in [0.5, 0.6) is 5.75 Å². The second-order valence-electron chi connectivity index (χ2n) is 2.99. The first-order valence-corrected chi connectivity index (χ1v) is 3.95. The topological polar surface area (TPSA) is 72.3 Å². The SMILES string of the molecule is Nc1cc(O)c2c(N)cccc2c1. The largest absolute Gasteiger partial charge is 0.507 e. The highest BCUT2D eigenvalue weighted by molar-refractivity contribution is 5.99. The predicted molar refractivity (Wildman–Crippen MR) is 54.4 cm³/mol. The van der Waals surface area contributed by atoms with Crippen molar-refractivity contribution in [2.45, 2.75) is 0 Å². The van der Waals surface area contributed by atoms with Crippen molar-refractivity contribution in [2.24, 2.45) is 0 Å². The number of phenolic OH excluding ortho intramolecular Hbond substituents is 1. The zero-order valence-corrected chi connectivity index (χ0v) is 6.99. The molecule has 2 aromatic rings. The minimum absolute atomic E-state index is 0.133. The van der Waals surface area contributed by atoms with Crippen LogP contribution < -0.4 is 11.5 Å². The van der Waals surface area contributed by atoms with E-state index in [-0.39, 0.29) is 5.75 Å². The lowest BCUT2D eigenvalue weighted by Gasteiger charge is -2.05. The van der Waals surface area contributed by atoms with Crippen molar-refractivity contribution in [1.82, 2.24) is 0 Å². The first-order chi connectivity index (χ1) is 6.18. The van der Waals surface area contributed by atoms with Crippen LogP contribution in [0.25, 0.3) is 10.8 Å². The number of hydrogen-bond donors (Lipinski definition) is 3. The molecule has 13 heavy (non-hydrogen) atoms. The number of aromatic hydroxyl groups is 1. The molecule has 2 rings (SSSR count). The summed E-state index contributed by atoms with van der Waals surface area (Å²) in [5, 5.41) is 11.1. The highest BCUT2D eigenvalue weighted by Crippen LogP contribution is 2.31. The number of nitrogens with two attached hydrogens (primary N) is 2. The maximum Gasteiger partial charge on any atom is 0.127 e. The number of rotatable bonds is 0. The Labute approximate surface area is 75.6 Å². The molecule has 2 aromatic carbocycles. The van der Waals surface area contributed by atoms with Crippen LogP contribution >= 0.6 is 0 Å². The maximum absolute atomic E-state index is 9.57.